The number of rotatable bonds is 13. The van der Waals surface area contributed by atoms with Crippen LogP contribution in [0.3, 0.4) is 0 Å². The second kappa shape index (κ2) is 21.1. The highest BCUT2D eigenvalue weighted by molar-refractivity contribution is 6.07. The molecule has 7 heterocycles. The summed E-state index contributed by atoms with van der Waals surface area (Å²) in [5, 5.41) is 18.0. The smallest absolute Gasteiger partial charge is 0.328 e. The lowest BCUT2D eigenvalue weighted by Crippen LogP contribution is -2.61. The van der Waals surface area contributed by atoms with Crippen LogP contribution >= 0.6 is 0 Å². The average Bonchev–Trinajstić information content (AvgIpc) is 3.74. The predicted molar refractivity (Wildman–Crippen MR) is 287 cm³/mol. The van der Waals surface area contributed by atoms with Gasteiger partial charge < -0.3 is 39.5 Å². The molecule has 5 aromatic rings. The number of piperazine rings is 2. The number of amides is 4. The Morgan fingerprint density at radius 1 is 0.961 bits per heavy atom. The Kier molecular flexibility index (Phi) is 14.3. The van der Waals surface area contributed by atoms with Crippen LogP contribution in [0.5, 0.6) is 11.8 Å². The molecule has 0 radical (unpaired) electrons. The number of aromatic hydroxyl groups is 1. The van der Waals surface area contributed by atoms with E-state index in [1.807, 2.05) is 24.0 Å². The lowest BCUT2D eigenvalue weighted by atomic mass is 9.65. The summed E-state index contributed by atoms with van der Waals surface area (Å²) >= 11 is 0. The fourth-order valence-electron chi connectivity index (χ4n) is 13.2. The summed E-state index contributed by atoms with van der Waals surface area (Å²) in [6.45, 7) is 13.7. The number of methoxy groups -OCH3 is 1. The Hall–Kier alpha value is -6.52. The van der Waals surface area contributed by atoms with Crippen molar-refractivity contribution in [1.82, 2.24) is 40.3 Å². The largest absolute Gasteiger partial charge is 0.508 e. The number of fused-ring (bicyclic) bond motifs is 4. The van der Waals surface area contributed by atoms with Crippen LogP contribution in [0.15, 0.2) is 48.7 Å². The van der Waals surface area contributed by atoms with Gasteiger partial charge in [0.15, 0.2) is 5.82 Å². The van der Waals surface area contributed by atoms with Crippen LogP contribution < -0.4 is 25.2 Å². The lowest BCUT2D eigenvalue weighted by molar-refractivity contribution is -0.120. The molecule has 1 spiro atoms. The number of aromatic nitrogens is 3. The van der Waals surface area contributed by atoms with Gasteiger partial charge in [0, 0.05) is 126 Å². The van der Waals surface area contributed by atoms with Crippen molar-refractivity contribution in [2.45, 2.75) is 83.2 Å². The zero-order valence-corrected chi connectivity index (χ0v) is 43.8. The summed E-state index contributed by atoms with van der Waals surface area (Å²) in [5.41, 5.74) is 2.08. The van der Waals surface area contributed by atoms with Gasteiger partial charge in [-0.2, -0.15) is 9.97 Å². The van der Waals surface area contributed by atoms with E-state index in [1.54, 1.807) is 24.3 Å². The number of piperidine rings is 1. The normalized spacial score (nSPS) is 22.8. The molecular formula is C58H68F2N10O6. The standard InChI is InChI=1S/C58H68F2N10O6/c1-5-43-46(59)9-8-39-26-42(71)28-44(49(39)43)51-50(60)52-45(29-61-51)53(69-32-41-12-16-58(34-69,65-41)35-75-4)64-55(63-52)76-33-36(2)30-66-22-24-67(25-23-66)31-38-10-14-57(15-11-38)17-20-68(21-18-57)54(73)40-7-6-37(3)47(27-40)70-19-13-48(72)62-56(70)74/h1,6-9,26-29,36,38,41,65,71H,10-25,30-35H2,2-4H3,(H,62,72,74)/t36-,41?,58?/m1/s1. The van der Waals surface area contributed by atoms with Gasteiger partial charge in [-0.15, -0.1) is 6.42 Å². The fourth-order valence-corrected chi connectivity index (χ4v) is 13.2. The van der Waals surface area contributed by atoms with E-state index in [1.165, 1.54) is 49.9 Å². The Morgan fingerprint density at radius 2 is 1.74 bits per heavy atom. The number of carbonyl (C=O) groups excluding carboxylic acids is 3. The number of ether oxygens (including phenoxy) is 2. The SMILES string of the molecule is C#Cc1c(F)ccc2cc(O)cc(-c3ncc4c(N5CC6CCC(COC)(C5)N6)nc(OC[C@H](C)CN5CCN(CC6CCC7(CC6)CCN(C(=O)c6ccc(C)c(N8CCC(=O)NC8=O)c6)CC7)CC5)nc4c3F)c12. The first-order valence-corrected chi connectivity index (χ1v) is 27.1. The fraction of sp³-hybridized carbons (Fsp3) is 0.517. The summed E-state index contributed by atoms with van der Waals surface area (Å²) in [6, 6.07) is 10.9. The van der Waals surface area contributed by atoms with Crippen LogP contribution in [0.25, 0.3) is 32.9 Å². The van der Waals surface area contributed by atoms with Gasteiger partial charge in [-0.3, -0.25) is 24.8 Å². The minimum Gasteiger partial charge on any atom is -0.508 e. The maximum Gasteiger partial charge on any atom is 0.328 e. The molecule has 16 nitrogen and oxygen atoms in total. The monoisotopic (exact) mass is 1040 g/mol. The molecule has 2 aromatic heterocycles. The molecule has 6 aliphatic rings. The van der Waals surface area contributed by atoms with Crippen LogP contribution in [-0.2, 0) is 9.53 Å². The molecule has 400 valence electrons. The van der Waals surface area contributed by atoms with Crippen molar-refractivity contribution in [1.29, 1.82) is 0 Å². The van der Waals surface area contributed by atoms with Gasteiger partial charge in [-0.25, -0.2) is 13.6 Å². The number of carbonyl (C=O) groups is 3. The number of nitrogens with one attached hydrogen (secondary N) is 2. The molecule has 2 unspecified atom stereocenters. The number of aryl methyl sites for hydroxylation is 1. The van der Waals surface area contributed by atoms with Crippen molar-refractivity contribution >= 4 is 51.0 Å². The number of terminal acetylenes is 1. The van der Waals surface area contributed by atoms with Gasteiger partial charge in [-0.1, -0.05) is 25.0 Å². The Balaban J connectivity index is 0.698. The molecule has 18 heteroatoms. The van der Waals surface area contributed by atoms with E-state index in [0.717, 1.165) is 83.6 Å². The van der Waals surface area contributed by atoms with Gasteiger partial charge in [0.25, 0.3) is 5.91 Å². The number of pyridine rings is 1. The Labute approximate surface area is 442 Å². The second-order valence-corrected chi connectivity index (χ2v) is 22.7. The molecule has 2 bridgehead atoms. The third-order valence-electron chi connectivity index (χ3n) is 17.4. The van der Waals surface area contributed by atoms with Crippen molar-refractivity contribution in [2.75, 3.05) is 102 Å². The number of urea groups is 1. The van der Waals surface area contributed by atoms with Crippen molar-refractivity contribution in [3.8, 4) is 35.4 Å². The molecule has 6 fully saturated rings. The zero-order chi connectivity index (χ0) is 52.9. The number of anilines is 2. The molecule has 76 heavy (non-hydrogen) atoms. The molecule has 11 rings (SSSR count). The van der Waals surface area contributed by atoms with Gasteiger partial charge in [0.1, 0.15) is 28.6 Å². The third-order valence-corrected chi connectivity index (χ3v) is 17.4. The molecule has 1 saturated carbocycles. The van der Waals surface area contributed by atoms with Gasteiger partial charge >= 0.3 is 12.0 Å². The first kappa shape index (κ1) is 51.6. The first-order valence-electron chi connectivity index (χ1n) is 27.1. The van der Waals surface area contributed by atoms with Crippen molar-refractivity contribution in [3.63, 3.8) is 0 Å². The predicted octanol–water partition coefficient (Wildman–Crippen LogP) is 7.27. The number of imide groups is 1. The minimum absolute atomic E-state index is 0.00269. The van der Waals surface area contributed by atoms with Crippen molar-refractivity contribution < 1.29 is 37.7 Å². The van der Waals surface area contributed by atoms with Crippen LogP contribution in [0, 0.1) is 48.2 Å². The van der Waals surface area contributed by atoms with Crippen LogP contribution in [0.4, 0.5) is 25.1 Å². The van der Waals surface area contributed by atoms with E-state index in [0.29, 0.717) is 66.6 Å². The van der Waals surface area contributed by atoms with Crippen LogP contribution in [-0.4, -0.2) is 157 Å². The molecule has 1 aliphatic carbocycles. The first-order chi connectivity index (χ1) is 36.7. The maximum absolute atomic E-state index is 17.3. The molecule has 3 aromatic carbocycles. The molecular weight excluding hydrogens is 971 g/mol. The van der Waals surface area contributed by atoms with E-state index < -0.39 is 17.7 Å². The Morgan fingerprint density at radius 3 is 2.49 bits per heavy atom. The van der Waals surface area contributed by atoms with Crippen molar-refractivity contribution in [3.05, 3.63) is 77.0 Å². The summed E-state index contributed by atoms with van der Waals surface area (Å²) in [6.07, 6.45) is 16.3. The maximum atomic E-state index is 17.3. The number of phenols is 1. The number of likely N-dealkylation sites (tertiary alicyclic amines) is 1. The second-order valence-electron chi connectivity index (χ2n) is 22.7. The van der Waals surface area contributed by atoms with E-state index >= 15 is 8.78 Å². The highest BCUT2D eigenvalue weighted by Crippen LogP contribution is 2.47. The molecule has 5 aliphatic heterocycles. The average molecular weight is 1040 g/mol. The van der Waals surface area contributed by atoms with Crippen LogP contribution in [0.1, 0.15) is 86.2 Å². The number of hydrogen-bond donors (Lipinski definition) is 3. The Bertz CT molecular complexity index is 3100. The lowest BCUT2D eigenvalue weighted by Gasteiger charge is -2.47. The summed E-state index contributed by atoms with van der Waals surface area (Å²) < 4.78 is 44.4. The van der Waals surface area contributed by atoms with E-state index in [9.17, 15) is 19.5 Å². The van der Waals surface area contributed by atoms with Gasteiger partial charge in [-0.05, 0) is 111 Å². The third kappa shape index (κ3) is 10.3. The highest BCUT2D eigenvalue weighted by atomic mass is 19.1. The molecule has 5 saturated heterocycles. The molecule has 3 atom stereocenters. The quantitative estimate of drug-likeness (QED) is 0.101. The zero-order valence-electron chi connectivity index (χ0n) is 43.8. The summed E-state index contributed by atoms with van der Waals surface area (Å²) in [4.78, 5) is 63.1. The van der Waals surface area contributed by atoms with Gasteiger partial charge in [0.2, 0.25) is 5.91 Å². The van der Waals surface area contributed by atoms with E-state index in [4.69, 9.17) is 25.9 Å². The van der Waals surface area contributed by atoms with E-state index in [2.05, 4.69) is 43.2 Å². The highest BCUT2D eigenvalue weighted by Gasteiger charge is 2.46. The van der Waals surface area contributed by atoms with Crippen LogP contribution in [0.2, 0.25) is 0 Å². The number of nitrogens with zero attached hydrogens (tertiary/aromatic N) is 8. The number of phenolic OH excluding ortho intramolecular Hbond substituents is 1. The molecule has 4 amide bonds. The minimum atomic E-state index is -0.759. The number of benzene rings is 3. The molecule has 3 N–H and O–H groups in total. The van der Waals surface area contributed by atoms with Gasteiger partial charge in [0.05, 0.1) is 29.7 Å². The summed E-state index contributed by atoms with van der Waals surface area (Å²) in [5.74, 6) is 1.87. The number of hydrogen-bond acceptors (Lipinski definition) is 13. The topological polar surface area (TPSA) is 169 Å². The van der Waals surface area contributed by atoms with E-state index in [-0.39, 0.29) is 80.6 Å². The summed E-state index contributed by atoms with van der Waals surface area (Å²) in [7, 11) is 1.70. The van der Waals surface area contributed by atoms with Crippen molar-refractivity contribution in [2.24, 2.45) is 17.3 Å². The number of halogens is 2.